The van der Waals surface area contributed by atoms with Gasteiger partial charge in [-0.05, 0) is 36.1 Å². The zero-order valence-corrected chi connectivity index (χ0v) is 15.4. The van der Waals surface area contributed by atoms with Gasteiger partial charge in [-0.1, -0.05) is 30.3 Å². The lowest BCUT2D eigenvalue weighted by Gasteiger charge is -2.12. The number of guanidine groups is 1. The van der Waals surface area contributed by atoms with E-state index < -0.39 is 0 Å². The number of hydrogen-bond donors (Lipinski definition) is 4. The van der Waals surface area contributed by atoms with Gasteiger partial charge in [-0.25, -0.2) is 0 Å². The maximum Gasteiger partial charge on any atom is 0.190 e. The fourth-order valence-corrected chi connectivity index (χ4v) is 3.34. The van der Waals surface area contributed by atoms with Crippen molar-refractivity contribution in [2.24, 2.45) is 4.99 Å². The lowest BCUT2D eigenvalue weighted by Crippen LogP contribution is -2.39. The number of aromatic nitrogens is 3. The molecule has 0 saturated carbocycles. The summed E-state index contributed by atoms with van der Waals surface area (Å²) in [5.74, 6) is 0.831. The minimum Gasteiger partial charge on any atom is -0.361 e. The van der Waals surface area contributed by atoms with Crippen LogP contribution in [0.1, 0.15) is 11.1 Å². The fraction of sp³-hybridized carbons (Fsp3) is 0.238. The third-order valence-corrected chi connectivity index (χ3v) is 4.80. The predicted octanol–water partition coefficient (Wildman–Crippen LogP) is 2.99. The maximum absolute atomic E-state index is 4.31. The number of H-pyrrole nitrogens is 2. The van der Waals surface area contributed by atoms with Crippen molar-refractivity contribution in [3.8, 4) is 0 Å². The van der Waals surface area contributed by atoms with Crippen LogP contribution in [0.5, 0.6) is 0 Å². The van der Waals surface area contributed by atoms with E-state index in [1.54, 1.807) is 7.05 Å². The van der Waals surface area contributed by atoms with E-state index in [9.17, 15) is 0 Å². The van der Waals surface area contributed by atoms with Crippen LogP contribution in [0.3, 0.4) is 0 Å². The summed E-state index contributed by atoms with van der Waals surface area (Å²) in [5, 5.41) is 16.3. The molecule has 0 unspecified atom stereocenters. The third kappa shape index (κ3) is 3.95. The van der Waals surface area contributed by atoms with Gasteiger partial charge in [0.2, 0.25) is 0 Å². The largest absolute Gasteiger partial charge is 0.361 e. The molecule has 4 aromatic rings. The normalized spacial score (nSPS) is 12.0. The van der Waals surface area contributed by atoms with E-state index in [0.29, 0.717) is 0 Å². The van der Waals surface area contributed by atoms with E-state index in [1.807, 2.05) is 6.20 Å². The number of para-hydroxylation sites is 1. The van der Waals surface area contributed by atoms with Gasteiger partial charge in [0.15, 0.2) is 5.96 Å². The summed E-state index contributed by atoms with van der Waals surface area (Å²) < 4.78 is 0. The van der Waals surface area contributed by atoms with Crippen molar-refractivity contribution >= 4 is 27.8 Å². The van der Waals surface area contributed by atoms with Crippen molar-refractivity contribution < 1.29 is 0 Å². The molecule has 2 heterocycles. The van der Waals surface area contributed by atoms with Gasteiger partial charge in [-0.15, -0.1) is 0 Å². The summed E-state index contributed by atoms with van der Waals surface area (Å²) >= 11 is 0. The van der Waals surface area contributed by atoms with E-state index in [2.05, 4.69) is 79.5 Å². The van der Waals surface area contributed by atoms with Gasteiger partial charge in [0.1, 0.15) is 0 Å². The Hall–Kier alpha value is -3.28. The topological polar surface area (TPSA) is 80.9 Å². The minimum atomic E-state index is 0.826. The molecule has 4 N–H and O–H groups in total. The number of aliphatic imine (C=N–C) groups is 1. The second-order valence-electron chi connectivity index (χ2n) is 6.58. The van der Waals surface area contributed by atoms with Crippen LogP contribution in [-0.4, -0.2) is 41.3 Å². The van der Waals surface area contributed by atoms with Gasteiger partial charge in [0, 0.05) is 42.6 Å². The second kappa shape index (κ2) is 7.95. The van der Waals surface area contributed by atoms with Crippen LogP contribution in [0.4, 0.5) is 0 Å². The first kappa shape index (κ1) is 17.1. The van der Waals surface area contributed by atoms with Crippen molar-refractivity contribution in [2.45, 2.75) is 12.8 Å². The van der Waals surface area contributed by atoms with E-state index in [-0.39, 0.29) is 0 Å². The van der Waals surface area contributed by atoms with Gasteiger partial charge in [0.25, 0.3) is 0 Å². The van der Waals surface area contributed by atoms with Crippen LogP contribution in [0.15, 0.2) is 59.9 Å². The minimum absolute atomic E-state index is 0.826. The monoisotopic (exact) mass is 360 g/mol. The average molecular weight is 360 g/mol. The summed E-state index contributed by atoms with van der Waals surface area (Å²) in [7, 11) is 1.80. The molecular weight excluding hydrogens is 336 g/mol. The van der Waals surface area contributed by atoms with Crippen LogP contribution in [0.2, 0.25) is 0 Å². The smallest absolute Gasteiger partial charge is 0.190 e. The highest BCUT2D eigenvalue weighted by Crippen LogP contribution is 2.17. The zero-order chi connectivity index (χ0) is 18.5. The molecule has 6 heteroatoms. The summed E-state index contributed by atoms with van der Waals surface area (Å²) in [5.41, 5.74) is 4.85. The number of hydrogen-bond acceptors (Lipinski definition) is 2. The molecular formula is C21H24N6. The molecule has 27 heavy (non-hydrogen) atoms. The van der Waals surface area contributed by atoms with Crippen molar-refractivity contribution in [1.82, 2.24) is 25.8 Å². The molecule has 4 rings (SSSR count). The van der Waals surface area contributed by atoms with Crippen molar-refractivity contribution in [1.29, 1.82) is 0 Å². The number of fused-ring (bicyclic) bond motifs is 2. The van der Waals surface area contributed by atoms with Crippen LogP contribution >= 0.6 is 0 Å². The first-order valence-electron chi connectivity index (χ1n) is 9.25. The molecule has 0 atom stereocenters. The molecule has 6 nitrogen and oxygen atoms in total. The number of aromatic amines is 2. The van der Waals surface area contributed by atoms with E-state index in [1.165, 1.54) is 22.0 Å². The molecule has 0 spiro atoms. The van der Waals surface area contributed by atoms with Crippen LogP contribution < -0.4 is 10.6 Å². The zero-order valence-electron chi connectivity index (χ0n) is 15.4. The molecule has 0 fully saturated rings. The molecule has 0 aliphatic heterocycles. The molecule has 0 aliphatic carbocycles. The lowest BCUT2D eigenvalue weighted by molar-refractivity contribution is 0.786. The second-order valence-corrected chi connectivity index (χ2v) is 6.58. The summed E-state index contributed by atoms with van der Waals surface area (Å²) in [6.45, 7) is 1.66. The van der Waals surface area contributed by atoms with Crippen LogP contribution in [0, 0.1) is 0 Å². The first-order chi connectivity index (χ1) is 13.3. The van der Waals surface area contributed by atoms with Crippen molar-refractivity contribution in [3.63, 3.8) is 0 Å². The highest BCUT2D eigenvalue weighted by atomic mass is 15.2. The Balaban J connectivity index is 1.25. The predicted molar refractivity (Wildman–Crippen MR) is 111 cm³/mol. The highest BCUT2D eigenvalue weighted by Gasteiger charge is 2.04. The van der Waals surface area contributed by atoms with E-state index >= 15 is 0 Å². The van der Waals surface area contributed by atoms with Gasteiger partial charge < -0.3 is 15.6 Å². The Bertz CT molecular complexity index is 1060. The summed E-state index contributed by atoms with van der Waals surface area (Å²) in [6, 6.07) is 14.8. The van der Waals surface area contributed by atoms with Crippen molar-refractivity contribution in [3.05, 3.63) is 66.0 Å². The molecule has 2 aromatic heterocycles. The number of nitrogens with one attached hydrogen (secondary N) is 4. The van der Waals surface area contributed by atoms with Crippen LogP contribution in [-0.2, 0) is 12.8 Å². The Morgan fingerprint density at radius 3 is 2.78 bits per heavy atom. The number of nitrogens with zero attached hydrogens (tertiary/aromatic N) is 2. The first-order valence-corrected chi connectivity index (χ1v) is 9.25. The standard InChI is InChI=1S/C21H24N6/c1-22-21(23-10-8-15-6-7-17-14-26-27-20(17)12-15)24-11-9-16-13-25-19-5-3-2-4-18(16)19/h2-7,12-14,25H,8-11H2,1H3,(H,26,27)(H2,22,23,24). The van der Waals surface area contributed by atoms with Gasteiger partial charge >= 0.3 is 0 Å². The molecule has 0 aliphatic rings. The molecule has 0 bridgehead atoms. The number of rotatable bonds is 6. The fourth-order valence-electron chi connectivity index (χ4n) is 3.34. The van der Waals surface area contributed by atoms with Crippen molar-refractivity contribution in [2.75, 3.05) is 20.1 Å². The Morgan fingerprint density at radius 2 is 1.89 bits per heavy atom. The van der Waals surface area contributed by atoms with Gasteiger partial charge in [-0.3, -0.25) is 10.1 Å². The Morgan fingerprint density at radius 1 is 1.04 bits per heavy atom. The van der Waals surface area contributed by atoms with E-state index in [0.717, 1.165) is 42.8 Å². The Kier molecular flexibility index (Phi) is 5.05. The molecule has 0 saturated heterocycles. The van der Waals surface area contributed by atoms with Gasteiger partial charge in [0.05, 0.1) is 11.7 Å². The van der Waals surface area contributed by atoms with E-state index in [4.69, 9.17) is 0 Å². The SMILES string of the molecule is CN=C(NCCc1ccc2cn[nH]c2c1)NCCc1c[nH]c2ccccc12. The Labute approximate surface area is 158 Å². The molecule has 0 radical (unpaired) electrons. The molecule has 2 aromatic carbocycles. The summed E-state index contributed by atoms with van der Waals surface area (Å²) in [6.07, 6.45) is 5.81. The average Bonchev–Trinajstić information content (AvgIpc) is 3.33. The van der Waals surface area contributed by atoms with Crippen LogP contribution in [0.25, 0.3) is 21.8 Å². The lowest BCUT2D eigenvalue weighted by atomic mass is 10.1. The summed E-state index contributed by atoms with van der Waals surface area (Å²) in [4.78, 5) is 7.64. The molecule has 138 valence electrons. The van der Waals surface area contributed by atoms with Gasteiger partial charge in [-0.2, -0.15) is 5.10 Å². The maximum atomic E-state index is 4.31. The third-order valence-electron chi connectivity index (χ3n) is 4.80. The molecule has 0 amide bonds. The quantitative estimate of drug-likeness (QED) is 0.315. The highest BCUT2D eigenvalue weighted by molar-refractivity contribution is 5.83. The number of benzene rings is 2.